The van der Waals surface area contributed by atoms with Crippen molar-refractivity contribution in [1.82, 2.24) is 15.5 Å². The molecule has 5 nitrogen and oxygen atoms in total. The highest BCUT2D eigenvalue weighted by molar-refractivity contribution is 5.86. The summed E-state index contributed by atoms with van der Waals surface area (Å²) in [5.74, 6) is 0.933. The second-order valence-corrected chi connectivity index (χ2v) is 2.48. The van der Waals surface area contributed by atoms with Gasteiger partial charge in [-0.3, -0.25) is 4.79 Å². The molecule has 0 saturated carbocycles. The van der Waals surface area contributed by atoms with Crippen LogP contribution in [0.25, 0.3) is 0 Å². The number of carbonyl (C=O) groups is 1. The molecule has 70 valence electrons. The number of rotatable bonds is 4. The first-order valence-electron chi connectivity index (χ1n) is 3.92. The minimum Gasteiger partial charge on any atom is -0.352 e. The zero-order valence-electron chi connectivity index (χ0n) is 7.41. The fourth-order valence-electron chi connectivity index (χ4n) is 0.806. The van der Waals surface area contributed by atoms with Crippen LogP contribution in [0.4, 0.5) is 0 Å². The first-order chi connectivity index (χ1) is 6.22. The van der Waals surface area contributed by atoms with Gasteiger partial charge in [0, 0.05) is 13.0 Å². The Kier molecular flexibility index (Phi) is 3.19. The summed E-state index contributed by atoms with van der Waals surface area (Å²) in [7, 11) is 0. The molecule has 1 heterocycles. The van der Waals surface area contributed by atoms with Crippen LogP contribution in [0, 0.1) is 6.92 Å². The van der Waals surface area contributed by atoms with E-state index in [1.807, 2.05) is 0 Å². The second-order valence-electron chi connectivity index (χ2n) is 2.48. The molecule has 0 aromatic carbocycles. The molecule has 0 bridgehead atoms. The van der Waals surface area contributed by atoms with E-state index < -0.39 is 0 Å². The van der Waals surface area contributed by atoms with Crippen LogP contribution >= 0.6 is 0 Å². The van der Waals surface area contributed by atoms with Gasteiger partial charge in [-0.2, -0.15) is 4.98 Å². The molecule has 13 heavy (non-hydrogen) atoms. The number of nitrogens with zero attached hydrogens (tertiary/aromatic N) is 2. The molecule has 0 aliphatic rings. The van der Waals surface area contributed by atoms with Crippen molar-refractivity contribution in [2.75, 3.05) is 6.54 Å². The van der Waals surface area contributed by atoms with Crippen molar-refractivity contribution < 1.29 is 9.32 Å². The van der Waals surface area contributed by atoms with Crippen LogP contribution in [0.2, 0.25) is 0 Å². The summed E-state index contributed by atoms with van der Waals surface area (Å²) in [5, 5.41) is 6.22. The van der Waals surface area contributed by atoms with Gasteiger partial charge in [-0.05, 0) is 13.0 Å². The molecule has 1 aromatic rings. The van der Waals surface area contributed by atoms with Crippen LogP contribution in [0.1, 0.15) is 11.7 Å². The molecule has 0 aliphatic heterocycles. The number of aryl methyl sites for hydroxylation is 1. The van der Waals surface area contributed by atoms with Gasteiger partial charge in [0.05, 0.1) is 0 Å². The maximum Gasteiger partial charge on any atom is 0.243 e. The predicted molar refractivity (Wildman–Crippen MR) is 45.9 cm³/mol. The average Bonchev–Trinajstić information content (AvgIpc) is 2.51. The number of carbonyl (C=O) groups excluding carboxylic acids is 1. The van der Waals surface area contributed by atoms with E-state index in [-0.39, 0.29) is 5.91 Å². The zero-order chi connectivity index (χ0) is 9.68. The molecule has 0 unspecified atom stereocenters. The van der Waals surface area contributed by atoms with Crippen molar-refractivity contribution in [3.63, 3.8) is 0 Å². The molecule has 0 spiro atoms. The summed E-state index contributed by atoms with van der Waals surface area (Å²) in [6.07, 6.45) is 1.76. The molecular weight excluding hydrogens is 170 g/mol. The lowest BCUT2D eigenvalue weighted by atomic mass is 10.4. The lowest BCUT2D eigenvalue weighted by molar-refractivity contribution is -0.116. The number of hydrogen-bond acceptors (Lipinski definition) is 4. The Morgan fingerprint density at radius 1 is 1.77 bits per heavy atom. The fourth-order valence-corrected chi connectivity index (χ4v) is 0.806. The largest absolute Gasteiger partial charge is 0.352 e. The van der Waals surface area contributed by atoms with Crippen molar-refractivity contribution in [3.8, 4) is 0 Å². The van der Waals surface area contributed by atoms with Gasteiger partial charge in [0.15, 0.2) is 5.82 Å². The van der Waals surface area contributed by atoms with Crippen molar-refractivity contribution in [1.29, 1.82) is 0 Å². The van der Waals surface area contributed by atoms with Crippen molar-refractivity contribution >= 4 is 5.91 Å². The van der Waals surface area contributed by atoms with Gasteiger partial charge in [-0.1, -0.05) is 11.7 Å². The van der Waals surface area contributed by atoms with Gasteiger partial charge in [0.1, 0.15) is 0 Å². The minimum atomic E-state index is -0.198. The third-order valence-corrected chi connectivity index (χ3v) is 1.39. The molecule has 1 rings (SSSR count). The predicted octanol–water partition coefficient (Wildman–Crippen LogP) is 0.223. The normalized spacial score (nSPS) is 9.62. The van der Waals surface area contributed by atoms with Crippen LogP contribution in [-0.2, 0) is 11.2 Å². The van der Waals surface area contributed by atoms with Gasteiger partial charge in [0.25, 0.3) is 0 Å². The smallest absolute Gasteiger partial charge is 0.243 e. The van der Waals surface area contributed by atoms with Gasteiger partial charge < -0.3 is 9.84 Å². The van der Waals surface area contributed by atoms with Gasteiger partial charge >= 0.3 is 0 Å². The van der Waals surface area contributed by atoms with Crippen molar-refractivity contribution in [2.45, 2.75) is 13.3 Å². The van der Waals surface area contributed by atoms with Crippen LogP contribution in [0.5, 0.6) is 0 Å². The molecule has 0 fully saturated rings. The molecule has 0 radical (unpaired) electrons. The summed E-state index contributed by atoms with van der Waals surface area (Å²) in [5.41, 5.74) is 0. The fraction of sp³-hybridized carbons (Fsp3) is 0.375. The molecule has 1 amide bonds. The van der Waals surface area contributed by atoms with E-state index >= 15 is 0 Å². The van der Waals surface area contributed by atoms with E-state index in [0.717, 1.165) is 0 Å². The van der Waals surface area contributed by atoms with E-state index in [0.29, 0.717) is 24.7 Å². The Bertz CT molecular complexity index is 306. The van der Waals surface area contributed by atoms with Crippen LogP contribution < -0.4 is 5.32 Å². The minimum absolute atomic E-state index is 0.198. The number of nitrogens with one attached hydrogen (secondary N) is 1. The van der Waals surface area contributed by atoms with Gasteiger partial charge in [-0.25, -0.2) is 0 Å². The van der Waals surface area contributed by atoms with E-state index in [4.69, 9.17) is 4.52 Å². The standard InChI is InChI=1S/C8H11N3O2/c1-3-7(12)9-5-4-8-10-6(2)11-13-8/h3H,1,4-5H2,2H3,(H,9,12). The Morgan fingerprint density at radius 3 is 3.08 bits per heavy atom. The van der Waals surface area contributed by atoms with Crippen molar-refractivity contribution in [2.24, 2.45) is 0 Å². The monoisotopic (exact) mass is 181 g/mol. The topological polar surface area (TPSA) is 68.0 Å². The Balaban J connectivity index is 2.27. The van der Waals surface area contributed by atoms with E-state index in [1.165, 1.54) is 6.08 Å². The number of aromatic nitrogens is 2. The summed E-state index contributed by atoms with van der Waals surface area (Å²) >= 11 is 0. The molecule has 0 saturated heterocycles. The van der Waals surface area contributed by atoms with Crippen LogP contribution in [-0.4, -0.2) is 22.6 Å². The first kappa shape index (κ1) is 9.44. The molecule has 1 N–H and O–H groups in total. The van der Waals surface area contributed by atoms with Crippen LogP contribution in [0.3, 0.4) is 0 Å². The second kappa shape index (κ2) is 4.39. The lowest BCUT2D eigenvalue weighted by Gasteiger charge is -1.96. The zero-order valence-corrected chi connectivity index (χ0v) is 7.41. The summed E-state index contributed by atoms with van der Waals surface area (Å²) in [6, 6.07) is 0. The SMILES string of the molecule is C=CC(=O)NCCc1nc(C)no1. The third-order valence-electron chi connectivity index (χ3n) is 1.39. The van der Waals surface area contributed by atoms with E-state index in [9.17, 15) is 4.79 Å². The highest BCUT2D eigenvalue weighted by atomic mass is 16.5. The van der Waals surface area contributed by atoms with E-state index in [1.54, 1.807) is 6.92 Å². The Morgan fingerprint density at radius 2 is 2.54 bits per heavy atom. The van der Waals surface area contributed by atoms with Crippen LogP contribution in [0.15, 0.2) is 17.2 Å². The first-order valence-corrected chi connectivity index (χ1v) is 3.92. The quantitative estimate of drug-likeness (QED) is 0.675. The third kappa shape index (κ3) is 3.06. The van der Waals surface area contributed by atoms with E-state index in [2.05, 4.69) is 22.0 Å². The lowest BCUT2D eigenvalue weighted by Crippen LogP contribution is -2.23. The highest BCUT2D eigenvalue weighted by Gasteiger charge is 2.01. The molecule has 0 atom stereocenters. The highest BCUT2D eigenvalue weighted by Crippen LogP contribution is 1.95. The Labute approximate surface area is 75.8 Å². The maximum absolute atomic E-state index is 10.7. The summed E-state index contributed by atoms with van der Waals surface area (Å²) < 4.78 is 4.84. The maximum atomic E-state index is 10.7. The molecule has 1 aromatic heterocycles. The molecule has 5 heteroatoms. The molecule has 0 aliphatic carbocycles. The number of amides is 1. The average molecular weight is 181 g/mol. The number of hydrogen-bond donors (Lipinski definition) is 1. The summed E-state index contributed by atoms with van der Waals surface area (Å²) in [6.45, 7) is 5.55. The summed E-state index contributed by atoms with van der Waals surface area (Å²) in [4.78, 5) is 14.7. The molecular formula is C8H11N3O2. The van der Waals surface area contributed by atoms with Gasteiger partial charge in [0.2, 0.25) is 11.8 Å². The van der Waals surface area contributed by atoms with Crippen molar-refractivity contribution in [3.05, 3.63) is 24.4 Å². The van der Waals surface area contributed by atoms with Gasteiger partial charge in [-0.15, -0.1) is 0 Å². The Hall–Kier alpha value is -1.65.